The maximum atomic E-state index is 6.16. The summed E-state index contributed by atoms with van der Waals surface area (Å²) >= 11 is 0. The minimum Gasteiger partial charge on any atom is -0.369 e. The zero-order valence-electron chi connectivity index (χ0n) is 13.3. The predicted molar refractivity (Wildman–Crippen MR) is 85.2 cm³/mol. The van der Waals surface area contributed by atoms with Gasteiger partial charge in [0.05, 0.1) is 5.69 Å². The van der Waals surface area contributed by atoms with E-state index in [1.165, 1.54) is 32.4 Å². The van der Waals surface area contributed by atoms with Crippen molar-refractivity contribution in [2.24, 2.45) is 0 Å². The van der Waals surface area contributed by atoms with Gasteiger partial charge in [-0.25, -0.2) is 9.67 Å². The molecule has 0 radical (unpaired) electrons. The van der Waals surface area contributed by atoms with Crippen molar-refractivity contribution in [2.45, 2.75) is 59.2 Å². The summed E-state index contributed by atoms with van der Waals surface area (Å²) in [6.07, 6.45) is 3.98. The standard InChI is InChI=1S/C15H26N6/c1-4-21-14-13(12(3)18-21)17-15(16)20(14)10-11(2)19-8-6-5-7-9-19/h11H,4-10H2,1-3H3,(H2,16,17). The molecule has 0 aromatic carbocycles. The highest BCUT2D eigenvalue weighted by atomic mass is 15.4. The highest BCUT2D eigenvalue weighted by Gasteiger charge is 2.21. The minimum absolute atomic E-state index is 0.477. The topological polar surface area (TPSA) is 64.9 Å². The molecule has 0 aliphatic carbocycles. The number of nitrogens with two attached hydrogens (primary N) is 1. The lowest BCUT2D eigenvalue weighted by Crippen LogP contribution is -2.40. The molecule has 1 atom stereocenters. The Labute approximate surface area is 125 Å². The number of anilines is 1. The molecular formula is C15H26N6. The summed E-state index contributed by atoms with van der Waals surface area (Å²) < 4.78 is 4.15. The third-order valence-electron chi connectivity index (χ3n) is 4.59. The number of aryl methyl sites for hydroxylation is 2. The minimum atomic E-state index is 0.477. The Morgan fingerprint density at radius 2 is 1.95 bits per heavy atom. The summed E-state index contributed by atoms with van der Waals surface area (Å²) in [5, 5.41) is 4.55. The van der Waals surface area contributed by atoms with Crippen LogP contribution in [0.1, 0.15) is 38.8 Å². The molecule has 1 unspecified atom stereocenters. The second-order valence-electron chi connectivity index (χ2n) is 6.10. The third kappa shape index (κ3) is 2.52. The molecule has 116 valence electrons. The van der Waals surface area contributed by atoms with Crippen LogP contribution in [0.25, 0.3) is 11.2 Å². The highest BCUT2D eigenvalue weighted by Crippen LogP contribution is 2.23. The first-order valence-corrected chi connectivity index (χ1v) is 8.05. The molecule has 1 aliphatic heterocycles. The molecule has 2 aromatic rings. The number of nitrogens with zero attached hydrogens (tertiary/aromatic N) is 5. The van der Waals surface area contributed by atoms with Crippen LogP contribution in [0.3, 0.4) is 0 Å². The number of hydrogen-bond donors (Lipinski definition) is 1. The number of likely N-dealkylation sites (tertiary alicyclic amines) is 1. The lowest BCUT2D eigenvalue weighted by molar-refractivity contribution is 0.161. The number of fused-ring (bicyclic) bond motifs is 1. The molecule has 2 aromatic heterocycles. The van der Waals surface area contributed by atoms with Crippen molar-refractivity contribution in [2.75, 3.05) is 18.8 Å². The van der Waals surface area contributed by atoms with Crippen molar-refractivity contribution in [3.05, 3.63) is 5.69 Å². The molecule has 1 saturated heterocycles. The first-order chi connectivity index (χ1) is 10.1. The summed E-state index contributed by atoms with van der Waals surface area (Å²) in [4.78, 5) is 7.08. The number of piperidine rings is 1. The van der Waals surface area contributed by atoms with Gasteiger partial charge in [-0.1, -0.05) is 6.42 Å². The summed E-state index contributed by atoms with van der Waals surface area (Å²) in [7, 11) is 0. The Balaban J connectivity index is 1.90. The largest absolute Gasteiger partial charge is 0.369 e. The second kappa shape index (κ2) is 5.67. The third-order valence-corrected chi connectivity index (χ3v) is 4.59. The van der Waals surface area contributed by atoms with Crippen LogP contribution in [0.5, 0.6) is 0 Å². The molecule has 0 amide bonds. The van der Waals surface area contributed by atoms with E-state index in [9.17, 15) is 0 Å². The quantitative estimate of drug-likeness (QED) is 0.935. The second-order valence-corrected chi connectivity index (χ2v) is 6.10. The fourth-order valence-corrected chi connectivity index (χ4v) is 3.38. The lowest BCUT2D eigenvalue weighted by Gasteiger charge is -2.32. The molecule has 3 rings (SSSR count). The summed E-state index contributed by atoms with van der Waals surface area (Å²) in [6.45, 7) is 10.5. The molecule has 21 heavy (non-hydrogen) atoms. The summed E-state index contributed by atoms with van der Waals surface area (Å²) in [5.41, 5.74) is 9.13. The van der Waals surface area contributed by atoms with E-state index in [4.69, 9.17) is 5.73 Å². The fraction of sp³-hybridized carbons (Fsp3) is 0.733. The van der Waals surface area contributed by atoms with E-state index in [0.29, 0.717) is 12.0 Å². The number of hydrogen-bond acceptors (Lipinski definition) is 4. The molecular weight excluding hydrogens is 264 g/mol. The van der Waals surface area contributed by atoms with Gasteiger partial charge in [-0.2, -0.15) is 5.10 Å². The van der Waals surface area contributed by atoms with Gasteiger partial charge in [-0.15, -0.1) is 0 Å². The molecule has 0 spiro atoms. The maximum absolute atomic E-state index is 6.16. The van der Waals surface area contributed by atoms with Gasteiger partial charge in [-0.05, 0) is 46.7 Å². The molecule has 0 saturated carbocycles. The Morgan fingerprint density at radius 1 is 1.24 bits per heavy atom. The van der Waals surface area contributed by atoms with Crippen LogP contribution in [0.2, 0.25) is 0 Å². The average Bonchev–Trinajstić information content (AvgIpc) is 2.98. The molecule has 0 bridgehead atoms. The van der Waals surface area contributed by atoms with Gasteiger partial charge in [0.15, 0.2) is 5.65 Å². The van der Waals surface area contributed by atoms with Gasteiger partial charge in [0, 0.05) is 19.1 Å². The van der Waals surface area contributed by atoms with Gasteiger partial charge in [0.1, 0.15) is 5.52 Å². The normalized spacial score (nSPS) is 18.4. The Kier molecular flexibility index (Phi) is 3.89. The van der Waals surface area contributed by atoms with Crippen molar-refractivity contribution in [1.82, 2.24) is 24.2 Å². The van der Waals surface area contributed by atoms with Crippen molar-refractivity contribution >= 4 is 17.1 Å². The van der Waals surface area contributed by atoms with Crippen molar-refractivity contribution in [1.29, 1.82) is 0 Å². The van der Waals surface area contributed by atoms with Gasteiger partial charge in [0.2, 0.25) is 5.95 Å². The van der Waals surface area contributed by atoms with Crippen LogP contribution in [-0.4, -0.2) is 43.4 Å². The van der Waals surface area contributed by atoms with E-state index < -0.39 is 0 Å². The van der Waals surface area contributed by atoms with Crippen molar-refractivity contribution in [3.63, 3.8) is 0 Å². The van der Waals surface area contributed by atoms with Crippen molar-refractivity contribution in [3.8, 4) is 0 Å². The van der Waals surface area contributed by atoms with E-state index in [1.807, 2.05) is 11.6 Å². The van der Waals surface area contributed by atoms with Gasteiger partial charge < -0.3 is 5.73 Å². The molecule has 1 fully saturated rings. The number of aromatic nitrogens is 4. The van der Waals surface area contributed by atoms with Crippen LogP contribution in [-0.2, 0) is 13.1 Å². The smallest absolute Gasteiger partial charge is 0.202 e. The number of rotatable bonds is 4. The highest BCUT2D eigenvalue weighted by molar-refractivity contribution is 5.77. The van der Waals surface area contributed by atoms with E-state index >= 15 is 0 Å². The lowest BCUT2D eigenvalue weighted by atomic mass is 10.1. The fourth-order valence-electron chi connectivity index (χ4n) is 3.38. The van der Waals surface area contributed by atoms with Crippen molar-refractivity contribution < 1.29 is 0 Å². The summed E-state index contributed by atoms with van der Waals surface area (Å²) in [5.74, 6) is 0.608. The number of imidazole rings is 1. The van der Waals surface area contributed by atoms with E-state index in [-0.39, 0.29) is 0 Å². The van der Waals surface area contributed by atoms with Gasteiger partial charge in [0.25, 0.3) is 0 Å². The predicted octanol–water partition coefficient (Wildman–Crippen LogP) is 2.02. The Bertz CT molecular complexity index is 620. The van der Waals surface area contributed by atoms with E-state index in [0.717, 1.165) is 29.9 Å². The monoisotopic (exact) mass is 290 g/mol. The van der Waals surface area contributed by atoms with E-state index in [1.54, 1.807) is 0 Å². The molecule has 6 heteroatoms. The Morgan fingerprint density at radius 3 is 2.62 bits per heavy atom. The first kappa shape index (κ1) is 14.4. The van der Waals surface area contributed by atoms with Crippen LogP contribution in [0.4, 0.5) is 5.95 Å². The Hall–Kier alpha value is -1.56. The SMILES string of the molecule is CCn1nc(C)c2nc(N)n(CC(C)N3CCCCC3)c21. The summed E-state index contributed by atoms with van der Waals surface area (Å²) in [6, 6.07) is 0.477. The van der Waals surface area contributed by atoms with Gasteiger partial charge in [-0.3, -0.25) is 9.47 Å². The molecule has 3 heterocycles. The van der Waals surface area contributed by atoms with E-state index in [2.05, 4.69) is 33.4 Å². The zero-order chi connectivity index (χ0) is 15.0. The zero-order valence-corrected chi connectivity index (χ0v) is 13.3. The molecule has 6 nitrogen and oxygen atoms in total. The molecule has 2 N–H and O–H groups in total. The number of nitrogen functional groups attached to an aromatic ring is 1. The molecule has 1 aliphatic rings. The average molecular weight is 290 g/mol. The van der Waals surface area contributed by atoms with Crippen LogP contribution in [0.15, 0.2) is 0 Å². The van der Waals surface area contributed by atoms with Crippen LogP contribution < -0.4 is 5.73 Å². The van der Waals surface area contributed by atoms with Crippen LogP contribution in [0, 0.1) is 6.92 Å². The van der Waals surface area contributed by atoms with Gasteiger partial charge >= 0.3 is 0 Å². The maximum Gasteiger partial charge on any atom is 0.202 e. The van der Waals surface area contributed by atoms with Crippen LogP contribution >= 0.6 is 0 Å². The first-order valence-electron chi connectivity index (χ1n) is 8.05.